The molecule has 1 atom stereocenters. The normalized spacial score (nSPS) is 12.8. The summed E-state index contributed by atoms with van der Waals surface area (Å²) in [5.41, 5.74) is 3.96. The molecule has 0 aliphatic carbocycles. The second-order valence-corrected chi connectivity index (χ2v) is 5.10. The minimum atomic E-state index is -0.0744. The van der Waals surface area contributed by atoms with Crippen LogP contribution < -0.4 is 5.56 Å². The van der Waals surface area contributed by atoms with Crippen molar-refractivity contribution in [2.24, 2.45) is 0 Å². The second-order valence-electron chi connectivity index (χ2n) is 5.10. The summed E-state index contributed by atoms with van der Waals surface area (Å²) in [4.78, 5) is 19.0. The number of nitrogens with one attached hydrogen (secondary N) is 1. The fraction of sp³-hybridized carbons (Fsp3) is 0.250. The molecule has 0 saturated carbocycles. The van der Waals surface area contributed by atoms with Crippen LogP contribution in [0.25, 0.3) is 11.0 Å². The Kier molecular flexibility index (Phi) is 2.93. The number of fused-ring (bicyclic) bond motifs is 1. The van der Waals surface area contributed by atoms with Crippen molar-refractivity contribution in [3.8, 4) is 0 Å². The fourth-order valence-corrected chi connectivity index (χ4v) is 2.79. The lowest BCUT2D eigenvalue weighted by molar-refractivity contribution is 0.639. The highest BCUT2D eigenvalue weighted by Crippen LogP contribution is 2.28. The molecule has 4 heteroatoms. The zero-order valence-corrected chi connectivity index (χ0v) is 11.8. The maximum absolute atomic E-state index is 12.0. The van der Waals surface area contributed by atoms with Gasteiger partial charge in [0.25, 0.3) is 5.56 Å². The largest absolute Gasteiger partial charge is 0.322 e. The highest BCUT2D eigenvalue weighted by Gasteiger charge is 2.19. The van der Waals surface area contributed by atoms with Crippen LogP contribution in [-0.4, -0.2) is 14.5 Å². The molecule has 3 rings (SSSR count). The summed E-state index contributed by atoms with van der Waals surface area (Å²) >= 11 is 0. The van der Waals surface area contributed by atoms with Crippen LogP contribution in [0.15, 0.2) is 41.5 Å². The van der Waals surface area contributed by atoms with Gasteiger partial charge in [0, 0.05) is 5.69 Å². The Morgan fingerprint density at radius 2 is 1.90 bits per heavy atom. The molecule has 0 spiro atoms. The predicted octanol–water partition coefficient (Wildman–Crippen LogP) is 2.95. The average molecular weight is 267 g/mol. The Morgan fingerprint density at radius 3 is 2.60 bits per heavy atom. The van der Waals surface area contributed by atoms with Crippen molar-refractivity contribution in [1.29, 1.82) is 0 Å². The lowest BCUT2D eigenvalue weighted by Gasteiger charge is -2.17. The first-order chi connectivity index (χ1) is 9.61. The van der Waals surface area contributed by atoms with Gasteiger partial charge in [-0.2, -0.15) is 0 Å². The molecule has 0 aliphatic rings. The molecule has 0 radical (unpaired) electrons. The van der Waals surface area contributed by atoms with Gasteiger partial charge in [-0.3, -0.25) is 4.79 Å². The Bertz CT molecular complexity index is 815. The number of aromatic nitrogens is 3. The number of nitrogens with zero attached hydrogens (tertiary/aromatic N) is 2. The minimum Gasteiger partial charge on any atom is -0.322 e. The summed E-state index contributed by atoms with van der Waals surface area (Å²) in [5, 5.41) is 0.688. The highest BCUT2D eigenvalue weighted by atomic mass is 16.1. The molecule has 4 nitrogen and oxygen atoms in total. The first kappa shape index (κ1) is 12.7. The summed E-state index contributed by atoms with van der Waals surface area (Å²) < 4.78 is 2.13. The maximum Gasteiger partial charge on any atom is 0.260 e. The first-order valence-electron chi connectivity index (χ1n) is 6.71. The van der Waals surface area contributed by atoms with E-state index in [2.05, 4.69) is 33.6 Å². The lowest BCUT2D eigenvalue weighted by Crippen LogP contribution is -2.11. The smallest absolute Gasteiger partial charge is 0.260 e. The predicted molar refractivity (Wildman–Crippen MR) is 80.1 cm³/mol. The van der Waals surface area contributed by atoms with Crippen LogP contribution in [0, 0.1) is 13.8 Å². The number of H-pyrrole nitrogens is 1. The van der Waals surface area contributed by atoms with E-state index < -0.39 is 0 Å². The molecule has 0 aliphatic heterocycles. The lowest BCUT2D eigenvalue weighted by atomic mass is 10.1. The van der Waals surface area contributed by atoms with Crippen molar-refractivity contribution < 1.29 is 0 Å². The molecule has 0 saturated heterocycles. The van der Waals surface area contributed by atoms with Gasteiger partial charge in [-0.05, 0) is 31.9 Å². The van der Waals surface area contributed by atoms with E-state index in [0.29, 0.717) is 5.39 Å². The number of rotatable bonds is 2. The van der Waals surface area contributed by atoms with Crippen LogP contribution in [0.3, 0.4) is 0 Å². The van der Waals surface area contributed by atoms with Gasteiger partial charge in [-0.1, -0.05) is 30.3 Å². The van der Waals surface area contributed by atoms with Crippen molar-refractivity contribution in [1.82, 2.24) is 14.5 Å². The number of benzene rings is 1. The number of hydrogen-bond acceptors (Lipinski definition) is 2. The molecule has 0 amide bonds. The summed E-state index contributed by atoms with van der Waals surface area (Å²) in [6.07, 6.45) is 1.47. The van der Waals surface area contributed by atoms with Gasteiger partial charge in [-0.25, -0.2) is 4.98 Å². The zero-order chi connectivity index (χ0) is 14.3. The van der Waals surface area contributed by atoms with E-state index in [-0.39, 0.29) is 11.6 Å². The average Bonchev–Trinajstić information content (AvgIpc) is 2.72. The first-order valence-corrected chi connectivity index (χ1v) is 6.71. The summed E-state index contributed by atoms with van der Waals surface area (Å²) in [5.74, 6) is 0. The van der Waals surface area contributed by atoms with Crippen LogP contribution in [0.5, 0.6) is 0 Å². The van der Waals surface area contributed by atoms with Gasteiger partial charge in [-0.15, -0.1) is 0 Å². The Balaban J connectivity index is 2.30. The SMILES string of the molecule is Cc1c(C)n([C@H](C)c2ccccc2)c2nc[nH]c(=O)c12. The maximum atomic E-state index is 12.0. The van der Waals surface area contributed by atoms with Gasteiger partial charge in [0.05, 0.1) is 17.8 Å². The van der Waals surface area contributed by atoms with Crippen LogP contribution in [-0.2, 0) is 0 Å². The van der Waals surface area contributed by atoms with Crippen molar-refractivity contribution in [3.05, 3.63) is 63.8 Å². The molecule has 0 unspecified atom stereocenters. The number of aryl methyl sites for hydroxylation is 1. The van der Waals surface area contributed by atoms with Crippen molar-refractivity contribution in [2.75, 3.05) is 0 Å². The van der Waals surface area contributed by atoms with E-state index in [1.807, 2.05) is 32.0 Å². The zero-order valence-electron chi connectivity index (χ0n) is 11.8. The van der Waals surface area contributed by atoms with E-state index in [1.165, 1.54) is 11.9 Å². The topological polar surface area (TPSA) is 50.7 Å². The third kappa shape index (κ3) is 1.76. The van der Waals surface area contributed by atoms with Gasteiger partial charge < -0.3 is 9.55 Å². The molecule has 3 aromatic rings. The molecule has 102 valence electrons. The van der Waals surface area contributed by atoms with Crippen molar-refractivity contribution in [3.63, 3.8) is 0 Å². The molecule has 1 N–H and O–H groups in total. The summed E-state index contributed by atoms with van der Waals surface area (Å²) in [7, 11) is 0. The molecule has 0 fully saturated rings. The van der Waals surface area contributed by atoms with Crippen LogP contribution in [0.2, 0.25) is 0 Å². The molecule has 0 bridgehead atoms. The standard InChI is InChI=1S/C16H17N3O/c1-10-11(2)19(12(3)13-7-5-4-6-8-13)15-14(10)16(20)18-9-17-15/h4-9,12H,1-3H3,(H,17,18,20)/t12-/m1/s1. The molecular formula is C16H17N3O. The fourth-order valence-electron chi connectivity index (χ4n) is 2.79. The van der Waals surface area contributed by atoms with E-state index in [0.717, 1.165) is 16.9 Å². The molecule has 1 aromatic carbocycles. The molecule has 2 heterocycles. The van der Waals surface area contributed by atoms with Crippen LogP contribution in [0.4, 0.5) is 0 Å². The monoisotopic (exact) mass is 267 g/mol. The Morgan fingerprint density at radius 1 is 1.20 bits per heavy atom. The Labute approximate surface area is 117 Å². The third-order valence-corrected chi connectivity index (χ3v) is 4.01. The quantitative estimate of drug-likeness (QED) is 0.776. The second kappa shape index (κ2) is 4.63. The minimum absolute atomic E-state index is 0.0744. The van der Waals surface area contributed by atoms with Gasteiger partial charge in [0.1, 0.15) is 5.65 Å². The molecule has 20 heavy (non-hydrogen) atoms. The van der Waals surface area contributed by atoms with Crippen molar-refractivity contribution in [2.45, 2.75) is 26.8 Å². The number of aromatic amines is 1. The van der Waals surface area contributed by atoms with E-state index in [4.69, 9.17) is 0 Å². The molecule has 2 aromatic heterocycles. The summed E-state index contributed by atoms with van der Waals surface area (Å²) in [6.45, 7) is 6.14. The Hall–Kier alpha value is -2.36. The highest BCUT2D eigenvalue weighted by molar-refractivity contribution is 5.81. The van der Waals surface area contributed by atoms with Gasteiger partial charge in [0.15, 0.2) is 0 Å². The van der Waals surface area contributed by atoms with Crippen molar-refractivity contribution >= 4 is 11.0 Å². The van der Waals surface area contributed by atoms with Crippen LogP contribution >= 0.6 is 0 Å². The third-order valence-electron chi connectivity index (χ3n) is 4.01. The van der Waals surface area contributed by atoms with Crippen LogP contribution in [0.1, 0.15) is 29.8 Å². The summed E-state index contributed by atoms with van der Waals surface area (Å²) in [6, 6.07) is 10.4. The van der Waals surface area contributed by atoms with Gasteiger partial charge >= 0.3 is 0 Å². The van der Waals surface area contributed by atoms with E-state index >= 15 is 0 Å². The number of hydrogen-bond donors (Lipinski definition) is 1. The molecular weight excluding hydrogens is 250 g/mol. The van der Waals surface area contributed by atoms with E-state index in [9.17, 15) is 4.79 Å². The van der Waals surface area contributed by atoms with Gasteiger partial charge in [0.2, 0.25) is 0 Å². The van der Waals surface area contributed by atoms with E-state index in [1.54, 1.807) is 0 Å².